The fraction of sp³-hybridized carbons (Fsp3) is 0.250. The van der Waals surface area contributed by atoms with Gasteiger partial charge in [0.2, 0.25) is 0 Å². The van der Waals surface area contributed by atoms with Crippen molar-refractivity contribution in [1.29, 1.82) is 0 Å². The molecule has 1 aliphatic heterocycles. The normalized spacial score (nSPS) is 15.4. The lowest BCUT2D eigenvalue weighted by atomic mass is 10.1. The molecule has 1 atom stereocenters. The van der Waals surface area contributed by atoms with Gasteiger partial charge in [0.25, 0.3) is 0 Å². The number of rotatable bonds is 5. The summed E-state index contributed by atoms with van der Waals surface area (Å²) in [6.07, 6.45) is 6.68. The molecule has 0 amide bonds. The fourth-order valence-corrected chi connectivity index (χ4v) is 4.15. The summed E-state index contributed by atoms with van der Waals surface area (Å²) in [4.78, 5) is 3.99. The number of hydrogen-bond donors (Lipinski definition) is 2. The Bertz CT molecular complexity index is 1160. The predicted octanol–water partition coefficient (Wildman–Crippen LogP) is 4.41. The second-order valence-corrected chi connectivity index (χ2v) is 7.89. The lowest BCUT2D eigenvalue weighted by Gasteiger charge is -2.27. The molecule has 4 aromatic rings. The van der Waals surface area contributed by atoms with E-state index < -0.39 is 0 Å². The van der Waals surface area contributed by atoms with E-state index in [2.05, 4.69) is 25.6 Å². The summed E-state index contributed by atoms with van der Waals surface area (Å²) in [5.41, 5.74) is 3.45. The minimum Gasteiger partial charge on any atom is -0.486 e. The van der Waals surface area contributed by atoms with Gasteiger partial charge in [-0.3, -0.25) is 14.8 Å². The van der Waals surface area contributed by atoms with Crippen LogP contribution < -0.4 is 10.1 Å². The monoisotopic (exact) mass is 428 g/mol. The number of fused-ring (bicyclic) bond motifs is 1. The molecule has 148 valence electrons. The lowest BCUT2D eigenvalue weighted by molar-refractivity contribution is 0.227. The zero-order valence-electron chi connectivity index (χ0n) is 15.6. The highest BCUT2D eigenvalue weighted by atomic mass is 35.5. The number of benzene rings is 1. The zero-order chi connectivity index (χ0) is 20.0. The number of H-pyrrole nitrogens is 1. The van der Waals surface area contributed by atoms with Crippen LogP contribution in [0.2, 0.25) is 10.0 Å². The summed E-state index contributed by atoms with van der Waals surface area (Å²) in [5, 5.41) is 17.2. The Labute approximate surface area is 177 Å². The molecule has 1 fully saturated rings. The maximum absolute atomic E-state index is 6.26. The molecule has 2 N–H and O–H groups in total. The van der Waals surface area contributed by atoms with E-state index in [9.17, 15) is 0 Å². The summed E-state index contributed by atoms with van der Waals surface area (Å²) >= 11 is 12.5. The summed E-state index contributed by atoms with van der Waals surface area (Å²) in [6, 6.07) is 6.22. The van der Waals surface area contributed by atoms with Gasteiger partial charge in [-0.1, -0.05) is 23.2 Å². The molecule has 1 saturated heterocycles. The van der Waals surface area contributed by atoms with Crippen molar-refractivity contribution in [2.75, 3.05) is 13.1 Å². The molecule has 0 bridgehead atoms. The van der Waals surface area contributed by atoms with E-state index in [1.807, 2.05) is 42.2 Å². The number of nitrogens with one attached hydrogen (secondary N) is 2. The van der Waals surface area contributed by atoms with Crippen LogP contribution >= 0.6 is 23.2 Å². The molecule has 1 aromatic carbocycles. The smallest absolute Gasteiger partial charge is 0.124 e. The quantitative estimate of drug-likeness (QED) is 0.491. The number of hydrogen-bond acceptors (Lipinski definition) is 5. The van der Waals surface area contributed by atoms with Gasteiger partial charge in [0.15, 0.2) is 0 Å². The second kappa shape index (κ2) is 7.33. The number of aromatic nitrogens is 5. The van der Waals surface area contributed by atoms with E-state index in [1.54, 1.807) is 12.4 Å². The number of nitrogens with zero attached hydrogens (tertiary/aromatic N) is 4. The van der Waals surface area contributed by atoms with Gasteiger partial charge in [-0.05, 0) is 25.1 Å². The van der Waals surface area contributed by atoms with Gasteiger partial charge < -0.3 is 10.1 Å². The van der Waals surface area contributed by atoms with Crippen LogP contribution in [0.1, 0.15) is 24.6 Å². The molecule has 0 radical (unpaired) electrons. The van der Waals surface area contributed by atoms with Crippen LogP contribution in [0, 0.1) is 0 Å². The molecule has 0 saturated carbocycles. The first kappa shape index (κ1) is 18.4. The van der Waals surface area contributed by atoms with Crippen LogP contribution in [0.4, 0.5) is 0 Å². The molecular weight excluding hydrogens is 411 g/mol. The minimum atomic E-state index is -0.334. The molecule has 1 aliphatic rings. The van der Waals surface area contributed by atoms with Gasteiger partial charge in [-0.15, -0.1) is 0 Å². The Balaban J connectivity index is 1.45. The highest BCUT2D eigenvalue weighted by Crippen LogP contribution is 2.34. The number of pyridine rings is 1. The summed E-state index contributed by atoms with van der Waals surface area (Å²) in [6.45, 7) is 3.79. The molecule has 4 heterocycles. The van der Waals surface area contributed by atoms with Gasteiger partial charge in [0.05, 0.1) is 27.8 Å². The molecule has 0 unspecified atom stereocenters. The van der Waals surface area contributed by atoms with Crippen LogP contribution in [0.3, 0.4) is 0 Å². The molecule has 7 nitrogen and oxygen atoms in total. The van der Waals surface area contributed by atoms with Crippen LogP contribution in [-0.2, 0) is 0 Å². The molecule has 5 rings (SSSR count). The Morgan fingerprint density at radius 3 is 2.69 bits per heavy atom. The number of halogens is 2. The van der Waals surface area contributed by atoms with E-state index in [0.717, 1.165) is 35.2 Å². The average Bonchev–Trinajstić information content (AvgIpc) is 3.26. The number of aromatic amines is 1. The van der Waals surface area contributed by atoms with Crippen LogP contribution in [0.5, 0.6) is 5.75 Å². The van der Waals surface area contributed by atoms with Crippen molar-refractivity contribution in [1.82, 2.24) is 30.3 Å². The van der Waals surface area contributed by atoms with Crippen LogP contribution in [0.25, 0.3) is 22.2 Å². The van der Waals surface area contributed by atoms with E-state index in [1.165, 1.54) is 0 Å². The van der Waals surface area contributed by atoms with Crippen molar-refractivity contribution < 1.29 is 4.74 Å². The van der Waals surface area contributed by atoms with Crippen molar-refractivity contribution in [2.45, 2.75) is 19.1 Å². The first-order valence-electron chi connectivity index (χ1n) is 9.29. The van der Waals surface area contributed by atoms with Gasteiger partial charge in [0, 0.05) is 48.2 Å². The van der Waals surface area contributed by atoms with E-state index in [0.29, 0.717) is 27.4 Å². The highest BCUT2D eigenvalue weighted by molar-refractivity contribution is 6.35. The zero-order valence-corrected chi connectivity index (χ0v) is 17.1. The third-order valence-electron chi connectivity index (χ3n) is 5.15. The topological polar surface area (TPSA) is 80.6 Å². The van der Waals surface area contributed by atoms with Gasteiger partial charge in [-0.25, -0.2) is 0 Å². The maximum Gasteiger partial charge on any atom is 0.124 e. The van der Waals surface area contributed by atoms with E-state index in [4.69, 9.17) is 27.9 Å². The minimum absolute atomic E-state index is 0.334. The van der Waals surface area contributed by atoms with Crippen molar-refractivity contribution in [2.24, 2.45) is 0 Å². The third kappa shape index (κ3) is 3.35. The first-order valence-corrected chi connectivity index (χ1v) is 10.0. The number of ether oxygens (including phenoxy) is 1. The van der Waals surface area contributed by atoms with E-state index in [-0.39, 0.29) is 6.10 Å². The third-order valence-corrected chi connectivity index (χ3v) is 5.76. The van der Waals surface area contributed by atoms with Crippen LogP contribution in [-0.4, -0.2) is 38.1 Å². The standard InChI is InChI=1S/C20H18Cl2N6O/c1-11(19-16(21)8-24-9-17(19)22)29-14-2-3-18-15(4-14)20(27-26-18)12-5-25-28(10-12)13-6-23-7-13/h2-5,8-11,13,23H,6-7H2,1H3,(H,26,27)/t11-/m1/s1. The first-order chi connectivity index (χ1) is 14.1. The van der Waals surface area contributed by atoms with E-state index >= 15 is 0 Å². The highest BCUT2D eigenvalue weighted by Gasteiger charge is 2.21. The second-order valence-electron chi connectivity index (χ2n) is 7.08. The van der Waals surface area contributed by atoms with Gasteiger partial charge in [0.1, 0.15) is 17.5 Å². The van der Waals surface area contributed by atoms with Crippen molar-refractivity contribution in [3.63, 3.8) is 0 Å². The Hall–Kier alpha value is -2.61. The summed E-state index contributed by atoms with van der Waals surface area (Å²) in [7, 11) is 0. The molecule has 0 aliphatic carbocycles. The Morgan fingerprint density at radius 1 is 1.17 bits per heavy atom. The molecule has 0 spiro atoms. The summed E-state index contributed by atoms with van der Waals surface area (Å²) in [5.74, 6) is 0.701. The largest absolute Gasteiger partial charge is 0.486 e. The van der Waals surface area contributed by atoms with Crippen molar-refractivity contribution >= 4 is 34.1 Å². The summed E-state index contributed by atoms with van der Waals surface area (Å²) < 4.78 is 8.12. The Morgan fingerprint density at radius 2 is 1.97 bits per heavy atom. The van der Waals surface area contributed by atoms with Crippen molar-refractivity contribution in [3.05, 3.63) is 58.6 Å². The van der Waals surface area contributed by atoms with Gasteiger partial charge in [-0.2, -0.15) is 10.2 Å². The Kier molecular flexibility index (Phi) is 4.66. The molecule has 9 heteroatoms. The molecule has 29 heavy (non-hydrogen) atoms. The van der Waals surface area contributed by atoms with Crippen LogP contribution in [0.15, 0.2) is 43.0 Å². The predicted molar refractivity (Wildman–Crippen MR) is 113 cm³/mol. The average molecular weight is 429 g/mol. The molecular formula is C20H18Cl2N6O. The van der Waals surface area contributed by atoms with Gasteiger partial charge >= 0.3 is 0 Å². The SMILES string of the molecule is C[C@@H](Oc1ccc2[nH]nc(-c3cnn(C4CNC4)c3)c2c1)c1c(Cl)cncc1Cl. The fourth-order valence-electron chi connectivity index (χ4n) is 3.48. The molecule has 3 aromatic heterocycles. The van der Waals surface area contributed by atoms with Crippen molar-refractivity contribution in [3.8, 4) is 17.0 Å². The lowest BCUT2D eigenvalue weighted by Crippen LogP contribution is -2.43. The maximum atomic E-state index is 6.26.